The van der Waals surface area contributed by atoms with Crippen LogP contribution in [-0.2, 0) is 23.9 Å². The van der Waals surface area contributed by atoms with Gasteiger partial charge in [-0.05, 0) is 41.3 Å². The SMILES string of the molecule is CC(C)(C)c1ccc(-n2c(Nc3ccc(C(F)(F)F)cc3C(F)(F)F)nc(C(F)(F)F)c(Cl)c2=O)cc1. The van der Waals surface area contributed by atoms with Gasteiger partial charge in [0.05, 0.1) is 22.5 Å². The third-order valence-corrected chi connectivity index (χ3v) is 5.53. The minimum Gasteiger partial charge on any atom is -0.325 e. The molecule has 14 heteroatoms. The van der Waals surface area contributed by atoms with Gasteiger partial charge < -0.3 is 5.32 Å². The fourth-order valence-corrected chi connectivity index (χ4v) is 3.54. The smallest absolute Gasteiger partial charge is 0.325 e. The average molecular weight is 558 g/mol. The highest BCUT2D eigenvalue weighted by Gasteiger charge is 2.40. The van der Waals surface area contributed by atoms with Crippen molar-refractivity contribution in [3.63, 3.8) is 0 Å². The second-order valence-electron chi connectivity index (χ2n) is 8.91. The van der Waals surface area contributed by atoms with Gasteiger partial charge in [0.1, 0.15) is 5.02 Å². The topological polar surface area (TPSA) is 46.9 Å². The summed E-state index contributed by atoms with van der Waals surface area (Å²) < 4.78 is 121. The van der Waals surface area contributed by atoms with E-state index in [-0.39, 0.29) is 17.2 Å². The lowest BCUT2D eigenvalue weighted by atomic mass is 9.87. The summed E-state index contributed by atoms with van der Waals surface area (Å²) in [5, 5.41) is 0.610. The van der Waals surface area contributed by atoms with Crippen molar-refractivity contribution in [2.75, 3.05) is 5.32 Å². The molecule has 0 aliphatic rings. The first-order valence-corrected chi connectivity index (χ1v) is 10.6. The number of anilines is 2. The van der Waals surface area contributed by atoms with E-state index >= 15 is 0 Å². The minimum atomic E-state index is -5.34. The molecule has 0 unspecified atom stereocenters. The van der Waals surface area contributed by atoms with E-state index < -0.39 is 57.6 Å². The van der Waals surface area contributed by atoms with Crippen molar-refractivity contribution < 1.29 is 39.5 Å². The summed E-state index contributed by atoms with van der Waals surface area (Å²) in [4.78, 5) is 16.1. The van der Waals surface area contributed by atoms with Crippen molar-refractivity contribution >= 4 is 23.2 Å². The van der Waals surface area contributed by atoms with Gasteiger partial charge in [-0.3, -0.25) is 4.79 Å². The van der Waals surface area contributed by atoms with Crippen LogP contribution < -0.4 is 10.9 Å². The molecular weight excluding hydrogens is 541 g/mol. The summed E-state index contributed by atoms with van der Waals surface area (Å²) in [6, 6.07) is 6.19. The van der Waals surface area contributed by atoms with Crippen LogP contribution in [0.5, 0.6) is 0 Å². The van der Waals surface area contributed by atoms with Gasteiger partial charge in [-0.2, -0.15) is 39.5 Å². The van der Waals surface area contributed by atoms with E-state index in [0.717, 1.165) is 5.56 Å². The van der Waals surface area contributed by atoms with Gasteiger partial charge in [-0.1, -0.05) is 44.5 Å². The highest BCUT2D eigenvalue weighted by atomic mass is 35.5. The quantitative estimate of drug-likeness (QED) is 0.332. The van der Waals surface area contributed by atoms with Crippen LogP contribution in [0.15, 0.2) is 47.3 Å². The summed E-state index contributed by atoms with van der Waals surface area (Å²) >= 11 is 5.64. The average Bonchev–Trinajstić information content (AvgIpc) is 2.73. The van der Waals surface area contributed by atoms with Crippen LogP contribution >= 0.6 is 11.6 Å². The van der Waals surface area contributed by atoms with Gasteiger partial charge in [-0.15, -0.1) is 0 Å². The second kappa shape index (κ2) is 9.26. The minimum absolute atomic E-state index is 0.107. The van der Waals surface area contributed by atoms with Crippen LogP contribution in [0.4, 0.5) is 51.1 Å². The molecule has 4 nitrogen and oxygen atoms in total. The number of alkyl halides is 9. The number of rotatable bonds is 3. The van der Waals surface area contributed by atoms with Crippen molar-refractivity contribution in [3.8, 4) is 5.69 Å². The molecule has 2 aromatic carbocycles. The van der Waals surface area contributed by atoms with Crippen molar-refractivity contribution in [2.45, 2.75) is 44.7 Å². The predicted molar refractivity (Wildman–Crippen MR) is 118 cm³/mol. The zero-order valence-corrected chi connectivity index (χ0v) is 19.9. The van der Waals surface area contributed by atoms with Crippen LogP contribution in [0, 0.1) is 0 Å². The molecule has 1 N–H and O–H groups in total. The second-order valence-corrected chi connectivity index (χ2v) is 9.29. The Morgan fingerprint density at radius 2 is 1.32 bits per heavy atom. The molecule has 0 radical (unpaired) electrons. The number of benzene rings is 2. The van der Waals surface area contributed by atoms with E-state index in [4.69, 9.17) is 11.6 Å². The van der Waals surface area contributed by atoms with Crippen molar-refractivity contribution in [2.24, 2.45) is 0 Å². The summed E-state index contributed by atoms with van der Waals surface area (Å²) in [6.07, 6.45) is -15.7. The number of aromatic nitrogens is 2. The van der Waals surface area contributed by atoms with Crippen molar-refractivity contribution in [1.82, 2.24) is 9.55 Å². The lowest BCUT2D eigenvalue weighted by Crippen LogP contribution is -2.28. The Bertz CT molecular complexity index is 1370. The Kier molecular flexibility index (Phi) is 7.10. The molecule has 0 aliphatic carbocycles. The molecule has 0 fully saturated rings. The van der Waals surface area contributed by atoms with Crippen LogP contribution in [0.2, 0.25) is 5.02 Å². The van der Waals surface area contributed by atoms with E-state index in [2.05, 4.69) is 4.98 Å². The molecule has 0 amide bonds. The summed E-state index contributed by atoms with van der Waals surface area (Å²) in [5.41, 5.74) is -7.60. The Balaban J connectivity index is 2.29. The van der Waals surface area contributed by atoms with Crippen molar-refractivity contribution in [1.29, 1.82) is 0 Å². The summed E-state index contributed by atoms with van der Waals surface area (Å²) in [5.74, 6) is -1.05. The first kappa shape index (κ1) is 28.4. The van der Waals surface area contributed by atoms with Gasteiger partial charge in [0, 0.05) is 0 Å². The van der Waals surface area contributed by atoms with Crippen molar-refractivity contribution in [3.05, 3.63) is 80.2 Å². The fraction of sp³-hybridized carbons (Fsp3) is 0.304. The Morgan fingerprint density at radius 1 is 0.784 bits per heavy atom. The molecule has 3 aromatic rings. The summed E-state index contributed by atoms with van der Waals surface area (Å²) in [7, 11) is 0. The molecule has 37 heavy (non-hydrogen) atoms. The van der Waals surface area contributed by atoms with Gasteiger partial charge in [-0.25, -0.2) is 9.55 Å². The van der Waals surface area contributed by atoms with Crippen LogP contribution in [-0.4, -0.2) is 9.55 Å². The molecule has 0 saturated carbocycles. The molecule has 0 atom stereocenters. The maximum atomic E-state index is 13.6. The highest BCUT2D eigenvalue weighted by Crippen LogP contribution is 2.41. The lowest BCUT2D eigenvalue weighted by molar-refractivity contribution is -0.143. The summed E-state index contributed by atoms with van der Waals surface area (Å²) in [6.45, 7) is 5.59. The van der Waals surface area contributed by atoms with Crippen LogP contribution in [0.3, 0.4) is 0 Å². The van der Waals surface area contributed by atoms with Crippen LogP contribution in [0.1, 0.15) is 43.2 Å². The predicted octanol–water partition coefficient (Wildman–Crippen LogP) is 7.98. The standard InChI is InChI=1S/C23H17ClF9N3O/c1-20(2,3)11-4-7-13(8-5-11)36-18(37)16(24)17(23(31,32)33)35-19(36)34-15-9-6-12(21(25,26)27)10-14(15)22(28,29)30/h4-10H,1-3H3,(H,34,35). The lowest BCUT2D eigenvalue weighted by Gasteiger charge is -2.22. The molecule has 0 aliphatic heterocycles. The molecule has 1 aromatic heterocycles. The van der Waals surface area contributed by atoms with Gasteiger partial charge in [0.2, 0.25) is 5.95 Å². The molecular formula is C23H17ClF9N3O. The zero-order valence-electron chi connectivity index (χ0n) is 19.1. The van der Waals surface area contributed by atoms with Gasteiger partial charge in [0.25, 0.3) is 5.56 Å². The molecule has 0 saturated heterocycles. The maximum absolute atomic E-state index is 13.6. The highest BCUT2D eigenvalue weighted by molar-refractivity contribution is 6.31. The molecule has 1 heterocycles. The number of nitrogens with one attached hydrogen (secondary N) is 1. The van der Waals surface area contributed by atoms with Crippen LogP contribution in [0.25, 0.3) is 5.69 Å². The largest absolute Gasteiger partial charge is 0.435 e. The number of halogens is 10. The first-order chi connectivity index (χ1) is 16.7. The zero-order chi connectivity index (χ0) is 28.1. The van der Waals surface area contributed by atoms with E-state index in [9.17, 15) is 44.3 Å². The normalized spacial score (nSPS) is 13.1. The Hall–Kier alpha value is -3.22. The molecule has 3 rings (SSSR count). The number of hydrogen-bond donors (Lipinski definition) is 1. The molecule has 0 bridgehead atoms. The van der Waals surface area contributed by atoms with E-state index in [1.807, 2.05) is 26.1 Å². The van der Waals surface area contributed by atoms with E-state index in [0.29, 0.717) is 16.7 Å². The number of nitrogens with zero attached hydrogens (tertiary/aromatic N) is 2. The third kappa shape index (κ3) is 6.03. The van der Waals surface area contributed by atoms with E-state index in [1.165, 1.54) is 24.3 Å². The monoisotopic (exact) mass is 557 g/mol. The van der Waals surface area contributed by atoms with Gasteiger partial charge >= 0.3 is 18.5 Å². The maximum Gasteiger partial charge on any atom is 0.435 e. The van der Waals surface area contributed by atoms with Gasteiger partial charge in [0.15, 0.2) is 5.69 Å². The third-order valence-electron chi connectivity index (χ3n) is 5.19. The van der Waals surface area contributed by atoms with E-state index in [1.54, 1.807) is 0 Å². The Morgan fingerprint density at radius 3 is 1.78 bits per heavy atom. The fourth-order valence-electron chi connectivity index (χ4n) is 3.31. The number of hydrogen-bond acceptors (Lipinski definition) is 3. The Labute approximate surface area is 208 Å². The molecule has 200 valence electrons. The molecule has 0 spiro atoms. The first-order valence-electron chi connectivity index (χ1n) is 10.3.